The van der Waals surface area contributed by atoms with E-state index in [1.54, 1.807) is 18.4 Å². The fourth-order valence-electron chi connectivity index (χ4n) is 2.47. The maximum atomic E-state index is 5.34. The standard InChI is InChI=1S/C20H20N2OS/c1-4-12-22-19(16-6-5-7-18(13-16)23-3)14-24-20(22)21-17-10-8-15(2)9-11-17/h4-11,13-14H,1,12H2,2-3H3. The van der Waals surface area contributed by atoms with Crippen LogP contribution in [0.15, 0.2) is 71.6 Å². The smallest absolute Gasteiger partial charge is 0.190 e. The van der Waals surface area contributed by atoms with Crippen LogP contribution in [0.3, 0.4) is 0 Å². The Balaban J connectivity index is 2.10. The van der Waals surface area contributed by atoms with E-state index >= 15 is 0 Å². The largest absolute Gasteiger partial charge is 0.497 e. The summed E-state index contributed by atoms with van der Waals surface area (Å²) in [5.74, 6) is 0.848. The first-order chi connectivity index (χ1) is 11.7. The zero-order valence-corrected chi connectivity index (χ0v) is 14.7. The van der Waals surface area contributed by atoms with Gasteiger partial charge in [0.05, 0.1) is 18.5 Å². The van der Waals surface area contributed by atoms with Crippen LogP contribution >= 0.6 is 11.3 Å². The van der Waals surface area contributed by atoms with E-state index in [-0.39, 0.29) is 0 Å². The topological polar surface area (TPSA) is 26.5 Å². The number of thiazole rings is 1. The Bertz CT molecular complexity index is 904. The van der Waals surface area contributed by atoms with E-state index in [0.29, 0.717) is 6.54 Å². The maximum Gasteiger partial charge on any atom is 0.190 e. The van der Waals surface area contributed by atoms with Gasteiger partial charge < -0.3 is 9.30 Å². The molecule has 0 saturated carbocycles. The summed E-state index contributed by atoms with van der Waals surface area (Å²) >= 11 is 1.63. The monoisotopic (exact) mass is 336 g/mol. The van der Waals surface area contributed by atoms with E-state index in [4.69, 9.17) is 9.73 Å². The van der Waals surface area contributed by atoms with Gasteiger partial charge in [-0.15, -0.1) is 17.9 Å². The molecule has 2 aromatic carbocycles. The molecular formula is C20H20N2OS. The Morgan fingerprint density at radius 1 is 1.21 bits per heavy atom. The van der Waals surface area contributed by atoms with Gasteiger partial charge in [0.15, 0.2) is 4.80 Å². The molecule has 0 spiro atoms. The van der Waals surface area contributed by atoms with Crippen molar-refractivity contribution in [2.24, 2.45) is 4.99 Å². The number of hydrogen-bond donors (Lipinski definition) is 0. The lowest BCUT2D eigenvalue weighted by Gasteiger charge is -2.08. The van der Waals surface area contributed by atoms with Crippen molar-refractivity contribution in [2.75, 3.05) is 7.11 Å². The highest BCUT2D eigenvalue weighted by molar-refractivity contribution is 7.07. The lowest BCUT2D eigenvalue weighted by Crippen LogP contribution is -2.14. The van der Waals surface area contributed by atoms with Crippen LogP contribution in [0.2, 0.25) is 0 Å². The van der Waals surface area contributed by atoms with Gasteiger partial charge in [0.25, 0.3) is 0 Å². The van der Waals surface area contributed by atoms with E-state index in [0.717, 1.165) is 27.5 Å². The highest BCUT2D eigenvalue weighted by atomic mass is 32.1. The molecule has 0 N–H and O–H groups in total. The Morgan fingerprint density at radius 2 is 2.00 bits per heavy atom. The summed E-state index contributed by atoms with van der Waals surface area (Å²) in [6.45, 7) is 6.67. The molecule has 3 rings (SSSR count). The average molecular weight is 336 g/mol. The molecule has 0 unspecified atom stereocenters. The van der Waals surface area contributed by atoms with Crippen LogP contribution in [-0.4, -0.2) is 11.7 Å². The summed E-state index contributed by atoms with van der Waals surface area (Å²) < 4.78 is 7.51. The Morgan fingerprint density at radius 3 is 2.71 bits per heavy atom. The van der Waals surface area contributed by atoms with Gasteiger partial charge in [0.1, 0.15) is 5.75 Å². The molecule has 4 heteroatoms. The van der Waals surface area contributed by atoms with Crippen molar-refractivity contribution < 1.29 is 4.74 Å². The average Bonchev–Trinajstić information content (AvgIpc) is 3.00. The molecule has 24 heavy (non-hydrogen) atoms. The van der Waals surface area contributed by atoms with Crippen molar-refractivity contribution >= 4 is 17.0 Å². The van der Waals surface area contributed by atoms with Crippen molar-refractivity contribution in [1.29, 1.82) is 0 Å². The Labute approximate surface area is 146 Å². The van der Waals surface area contributed by atoms with Gasteiger partial charge in [0, 0.05) is 17.5 Å². The Hall–Kier alpha value is -2.59. The summed E-state index contributed by atoms with van der Waals surface area (Å²) in [6.07, 6.45) is 1.89. The molecule has 0 aliphatic carbocycles. The molecule has 0 radical (unpaired) electrons. The molecule has 0 amide bonds. The first-order valence-corrected chi connectivity index (χ1v) is 8.64. The summed E-state index contributed by atoms with van der Waals surface area (Å²) in [6, 6.07) is 16.3. The second-order valence-corrected chi connectivity index (χ2v) is 6.32. The third-order valence-corrected chi connectivity index (χ3v) is 4.60. The number of allylic oxidation sites excluding steroid dienone is 1. The van der Waals surface area contributed by atoms with Gasteiger partial charge in [-0.2, -0.15) is 0 Å². The quantitative estimate of drug-likeness (QED) is 0.605. The van der Waals surface area contributed by atoms with Crippen molar-refractivity contribution in [3.05, 3.63) is 76.9 Å². The molecule has 1 heterocycles. The first-order valence-electron chi connectivity index (χ1n) is 7.76. The lowest BCUT2D eigenvalue weighted by molar-refractivity contribution is 0.415. The minimum absolute atomic E-state index is 0.709. The third kappa shape index (κ3) is 3.49. The van der Waals surface area contributed by atoms with Crippen LogP contribution in [-0.2, 0) is 6.54 Å². The van der Waals surface area contributed by atoms with Gasteiger partial charge in [0.2, 0.25) is 0 Å². The first kappa shape index (κ1) is 16.3. The van der Waals surface area contributed by atoms with Gasteiger partial charge in [-0.3, -0.25) is 0 Å². The number of ether oxygens (including phenoxy) is 1. The number of nitrogens with zero attached hydrogens (tertiary/aromatic N) is 2. The van der Waals surface area contributed by atoms with Gasteiger partial charge >= 0.3 is 0 Å². The minimum atomic E-state index is 0.709. The van der Waals surface area contributed by atoms with Crippen LogP contribution in [0.5, 0.6) is 5.75 Å². The highest BCUT2D eigenvalue weighted by Gasteiger charge is 2.08. The maximum absolute atomic E-state index is 5.34. The van der Waals surface area contributed by atoms with Crippen molar-refractivity contribution in [3.8, 4) is 17.0 Å². The summed E-state index contributed by atoms with van der Waals surface area (Å²) in [4.78, 5) is 5.75. The fourth-order valence-corrected chi connectivity index (χ4v) is 3.41. The number of rotatable bonds is 5. The zero-order chi connectivity index (χ0) is 16.9. The van der Waals surface area contributed by atoms with Crippen LogP contribution in [0.1, 0.15) is 5.56 Å². The molecule has 0 fully saturated rings. The molecule has 0 aliphatic heterocycles. The van der Waals surface area contributed by atoms with E-state index < -0.39 is 0 Å². The number of aromatic nitrogens is 1. The van der Waals surface area contributed by atoms with E-state index in [9.17, 15) is 0 Å². The molecule has 1 aromatic heterocycles. The lowest BCUT2D eigenvalue weighted by atomic mass is 10.1. The summed E-state index contributed by atoms with van der Waals surface area (Å²) in [5.41, 5.74) is 4.41. The number of benzene rings is 2. The van der Waals surface area contributed by atoms with Crippen LogP contribution in [0, 0.1) is 6.92 Å². The predicted molar refractivity (Wildman–Crippen MR) is 101 cm³/mol. The van der Waals surface area contributed by atoms with Crippen molar-refractivity contribution in [3.63, 3.8) is 0 Å². The van der Waals surface area contributed by atoms with Crippen LogP contribution in [0.25, 0.3) is 11.3 Å². The predicted octanol–water partition coefficient (Wildman–Crippen LogP) is 4.95. The molecule has 3 nitrogen and oxygen atoms in total. The molecular weight excluding hydrogens is 316 g/mol. The van der Waals surface area contributed by atoms with Gasteiger partial charge in [-0.05, 0) is 31.2 Å². The summed E-state index contributed by atoms with van der Waals surface area (Å²) in [7, 11) is 1.68. The third-order valence-electron chi connectivity index (χ3n) is 3.73. The summed E-state index contributed by atoms with van der Waals surface area (Å²) in [5, 5.41) is 2.13. The minimum Gasteiger partial charge on any atom is -0.497 e. The SMILES string of the molecule is C=CCn1c(-c2cccc(OC)c2)csc1=Nc1ccc(C)cc1. The molecule has 0 bridgehead atoms. The van der Waals surface area contributed by atoms with Crippen molar-refractivity contribution in [1.82, 2.24) is 4.57 Å². The Kier molecular flexibility index (Phi) is 4.96. The van der Waals surface area contributed by atoms with E-state index in [1.807, 2.05) is 36.4 Å². The number of aryl methyl sites for hydroxylation is 1. The molecule has 0 aliphatic rings. The van der Waals surface area contributed by atoms with Crippen LogP contribution in [0.4, 0.5) is 5.69 Å². The second kappa shape index (κ2) is 7.32. The van der Waals surface area contributed by atoms with Gasteiger partial charge in [-0.25, -0.2) is 4.99 Å². The zero-order valence-electron chi connectivity index (χ0n) is 13.9. The second-order valence-electron chi connectivity index (χ2n) is 5.48. The van der Waals surface area contributed by atoms with Crippen LogP contribution < -0.4 is 9.54 Å². The van der Waals surface area contributed by atoms with E-state index in [2.05, 4.69) is 41.6 Å². The van der Waals surface area contributed by atoms with Crippen molar-refractivity contribution in [2.45, 2.75) is 13.5 Å². The molecule has 0 atom stereocenters. The normalized spacial score (nSPS) is 11.5. The van der Waals surface area contributed by atoms with E-state index in [1.165, 1.54) is 5.56 Å². The number of methoxy groups -OCH3 is 1. The molecule has 122 valence electrons. The highest BCUT2D eigenvalue weighted by Crippen LogP contribution is 2.25. The fraction of sp³-hybridized carbons (Fsp3) is 0.150. The number of hydrogen-bond acceptors (Lipinski definition) is 3. The molecule has 3 aromatic rings. The molecule has 0 saturated heterocycles. The van der Waals surface area contributed by atoms with Gasteiger partial charge in [-0.1, -0.05) is 35.9 Å².